The molecule has 2 aromatic rings. The molecule has 1 saturated heterocycles. The first-order chi connectivity index (χ1) is 15.8. The van der Waals surface area contributed by atoms with Gasteiger partial charge < -0.3 is 14.9 Å². The SMILES string of the molecule is O=C(NCCc1cccc(F)c1)OC1=NOC2(CCN(S(=O)(=O)Cc3ccccc3)CC2)C1. The van der Waals surface area contributed by atoms with E-state index in [1.165, 1.54) is 16.4 Å². The molecule has 1 amide bonds. The number of hydrogen-bond acceptors (Lipinski definition) is 6. The second-order valence-electron chi connectivity index (χ2n) is 8.27. The van der Waals surface area contributed by atoms with Gasteiger partial charge in [-0.25, -0.2) is 21.9 Å². The Balaban J connectivity index is 1.21. The van der Waals surface area contributed by atoms with Crippen LogP contribution in [0, 0.1) is 5.82 Å². The van der Waals surface area contributed by atoms with E-state index in [1.54, 1.807) is 24.3 Å². The number of amides is 1. The Labute approximate surface area is 192 Å². The lowest BCUT2D eigenvalue weighted by Crippen LogP contribution is -2.47. The highest BCUT2D eigenvalue weighted by molar-refractivity contribution is 7.88. The van der Waals surface area contributed by atoms with E-state index in [0.29, 0.717) is 38.8 Å². The van der Waals surface area contributed by atoms with Crippen molar-refractivity contribution in [1.82, 2.24) is 9.62 Å². The Bertz CT molecular complexity index is 1120. The molecule has 0 aliphatic carbocycles. The predicted molar refractivity (Wildman–Crippen MR) is 120 cm³/mol. The maximum absolute atomic E-state index is 13.2. The predicted octanol–water partition coefficient (Wildman–Crippen LogP) is 3.19. The molecular weight excluding hydrogens is 449 g/mol. The molecule has 2 aliphatic rings. The topological polar surface area (TPSA) is 97.3 Å². The molecule has 2 aliphatic heterocycles. The van der Waals surface area contributed by atoms with Gasteiger partial charge in [-0.15, -0.1) is 0 Å². The van der Waals surface area contributed by atoms with Crippen LogP contribution in [0.5, 0.6) is 0 Å². The summed E-state index contributed by atoms with van der Waals surface area (Å²) in [5.41, 5.74) is 0.859. The van der Waals surface area contributed by atoms with Crippen LogP contribution in [-0.2, 0) is 31.8 Å². The highest BCUT2D eigenvalue weighted by Crippen LogP contribution is 2.36. The zero-order valence-corrected chi connectivity index (χ0v) is 18.9. The van der Waals surface area contributed by atoms with Gasteiger partial charge in [-0.2, -0.15) is 0 Å². The van der Waals surface area contributed by atoms with Crippen molar-refractivity contribution in [3.63, 3.8) is 0 Å². The summed E-state index contributed by atoms with van der Waals surface area (Å²) in [4.78, 5) is 17.6. The molecule has 10 heteroatoms. The van der Waals surface area contributed by atoms with Crippen molar-refractivity contribution < 1.29 is 27.2 Å². The van der Waals surface area contributed by atoms with Gasteiger partial charge in [-0.1, -0.05) is 47.6 Å². The van der Waals surface area contributed by atoms with Crippen LogP contribution in [-0.4, -0.2) is 49.9 Å². The number of nitrogens with zero attached hydrogens (tertiary/aromatic N) is 2. The second kappa shape index (κ2) is 9.88. The molecule has 0 radical (unpaired) electrons. The summed E-state index contributed by atoms with van der Waals surface area (Å²) < 4.78 is 45.4. The summed E-state index contributed by atoms with van der Waals surface area (Å²) in [7, 11) is -3.43. The van der Waals surface area contributed by atoms with Crippen LogP contribution in [0.1, 0.15) is 30.4 Å². The molecule has 1 spiro atoms. The molecule has 8 nitrogen and oxygen atoms in total. The highest BCUT2D eigenvalue weighted by Gasteiger charge is 2.45. The van der Waals surface area contributed by atoms with Gasteiger partial charge >= 0.3 is 6.09 Å². The molecule has 2 aromatic carbocycles. The van der Waals surface area contributed by atoms with E-state index >= 15 is 0 Å². The fourth-order valence-electron chi connectivity index (χ4n) is 4.00. The standard InChI is InChI=1S/C23H26FN3O5S/c24-20-8-4-7-18(15-20)9-12-25-22(28)31-21-16-23(32-26-21)10-13-27(14-11-23)33(29,30)17-19-5-2-1-3-6-19/h1-8,15H,9-14,16-17H2,(H,25,28). The number of piperidine rings is 1. The van der Waals surface area contributed by atoms with Crippen LogP contribution in [0.3, 0.4) is 0 Å². The summed E-state index contributed by atoms with van der Waals surface area (Å²) in [5.74, 6) is -0.196. The van der Waals surface area contributed by atoms with E-state index in [-0.39, 0.29) is 24.0 Å². The minimum absolute atomic E-state index is 0.0393. The second-order valence-corrected chi connectivity index (χ2v) is 10.2. The van der Waals surface area contributed by atoms with Gasteiger partial charge in [0.05, 0.1) is 12.2 Å². The van der Waals surface area contributed by atoms with Crippen LogP contribution >= 0.6 is 0 Å². The van der Waals surface area contributed by atoms with Crippen molar-refractivity contribution in [3.8, 4) is 0 Å². The lowest BCUT2D eigenvalue weighted by molar-refractivity contribution is -0.0506. The Kier molecular flexibility index (Phi) is 6.94. The summed E-state index contributed by atoms with van der Waals surface area (Å²) in [6.45, 7) is 0.922. The summed E-state index contributed by atoms with van der Waals surface area (Å²) >= 11 is 0. The monoisotopic (exact) mass is 475 g/mol. The van der Waals surface area contributed by atoms with Gasteiger partial charge in [-0.3, -0.25) is 0 Å². The smallest absolute Gasteiger partial charge is 0.392 e. The third kappa shape index (κ3) is 6.08. The maximum Gasteiger partial charge on any atom is 0.413 e. The van der Waals surface area contributed by atoms with Crippen LogP contribution in [0.2, 0.25) is 0 Å². The first kappa shape index (κ1) is 23.2. The van der Waals surface area contributed by atoms with Gasteiger partial charge in [0, 0.05) is 32.5 Å². The number of nitrogens with one attached hydrogen (secondary N) is 1. The fourth-order valence-corrected chi connectivity index (χ4v) is 5.54. The van der Waals surface area contributed by atoms with Gasteiger partial charge in [0.1, 0.15) is 11.4 Å². The molecule has 0 atom stereocenters. The first-order valence-corrected chi connectivity index (χ1v) is 12.4. The molecule has 1 fully saturated rings. The van der Waals surface area contributed by atoms with E-state index in [0.717, 1.165) is 11.1 Å². The summed E-state index contributed by atoms with van der Waals surface area (Å²) in [6.07, 6.45) is 1.02. The third-order valence-corrected chi connectivity index (χ3v) is 7.67. The summed E-state index contributed by atoms with van der Waals surface area (Å²) in [5, 5.41) is 6.51. The van der Waals surface area contributed by atoms with Crippen LogP contribution in [0.15, 0.2) is 59.8 Å². The zero-order chi connectivity index (χ0) is 23.3. The molecule has 33 heavy (non-hydrogen) atoms. The number of ether oxygens (including phenoxy) is 1. The van der Waals surface area contributed by atoms with Crippen molar-refractivity contribution in [2.75, 3.05) is 19.6 Å². The Hall–Kier alpha value is -2.98. The molecule has 0 aromatic heterocycles. The molecule has 0 saturated carbocycles. The number of sulfonamides is 1. The van der Waals surface area contributed by atoms with E-state index in [9.17, 15) is 17.6 Å². The van der Waals surface area contributed by atoms with Crippen molar-refractivity contribution in [2.45, 2.75) is 37.0 Å². The molecule has 0 unspecified atom stereocenters. The first-order valence-electron chi connectivity index (χ1n) is 10.8. The average molecular weight is 476 g/mol. The summed E-state index contributed by atoms with van der Waals surface area (Å²) in [6, 6.07) is 15.3. The molecule has 1 N–H and O–H groups in total. The Morgan fingerprint density at radius 2 is 1.85 bits per heavy atom. The molecular formula is C23H26FN3O5S. The number of oxime groups is 1. The van der Waals surface area contributed by atoms with Gasteiger partial charge in [0.15, 0.2) is 0 Å². The minimum atomic E-state index is -3.43. The van der Waals surface area contributed by atoms with Crippen LogP contribution < -0.4 is 5.32 Å². The average Bonchev–Trinajstić information content (AvgIpc) is 3.16. The van der Waals surface area contributed by atoms with Crippen molar-refractivity contribution in [3.05, 3.63) is 71.5 Å². The Morgan fingerprint density at radius 1 is 1.12 bits per heavy atom. The van der Waals surface area contributed by atoms with Crippen molar-refractivity contribution in [2.24, 2.45) is 5.16 Å². The van der Waals surface area contributed by atoms with E-state index in [4.69, 9.17) is 9.57 Å². The quantitative estimate of drug-likeness (QED) is 0.692. The van der Waals surface area contributed by atoms with E-state index < -0.39 is 21.7 Å². The molecule has 0 bridgehead atoms. The Morgan fingerprint density at radius 3 is 2.58 bits per heavy atom. The number of halogens is 1. The lowest BCUT2D eigenvalue weighted by Gasteiger charge is -2.36. The number of benzene rings is 2. The molecule has 4 rings (SSSR count). The third-order valence-electron chi connectivity index (χ3n) is 5.82. The zero-order valence-electron chi connectivity index (χ0n) is 18.1. The van der Waals surface area contributed by atoms with Gasteiger partial charge in [0.2, 0.25) is 15.9 Å². The highest BCUT2D eigenvalue weighted by atomic mass is 32.2. The van der Waals surface area contributed by atoms with E-state index in [2.05, 4.69) is 10.5 Å². The number of alkyl carbamates (subject to hydrolysis) is 1. The number of carbonyl (C=O) groups is 1. The largest absolute Gasteiger partial charge is 0.413 e. The number of carbonyl (C=O) groups excluding carboxylic acids is 1. The van der Waals surface area contributed by atoms with Crippen LogP contribution in [0.4, 0.5) is 9.18 Å². The normalized spacial score (nSPS) is 17.9. The minimum Gasteiger partial charge on any atom is -0.392 e. The lowest BCUT2D eigenvalue weighted by atomic mass is 9.89. The van der Waals surface area contributed by atoms with Crippen molar-refractivity contribution >= 4 is 22.0 Å². The fraction of sp³-hybridized carbons (Fsp3) is 0.391. The van der Waals surface area contributed by atoms with Gasteiger partial charge in [-0.05, 0) is 29.7 Å². The molecule has 176 valence electrons. The van der Waals surface area contributed by atoms with Gasteiger partial charge in [0.25, 0.3) is 0 Å². The number of hydrogen-bond donors (Lipinski definition) is 1. The van der Waals surface area contributed by atoms with E-state index in [1.807, 2.05) is 18.2 Å². The maximum atomic E-state index is 13.2. The van der Waals surface area contributed by atoms with Crippen LogP contribution in [0.25, 0.3) is 0 Å². The molecule has 2 heterocycles. The van der Waals surface area contributed by atoms with Crippen molar-refractivity contribution in [1.29, 1.82) is 0 Å². The number of rotatable bonds is 6.